The molecule has 0 atom stereocenters. The summed E-state index contributed by atoms with van der Waals surface area (Å²) < 4.78 is 0. The first-order valence-electron chi connectivity index (χ1n) is 4.09. The molecule has 0 saturated carbocycles. The van der Waals surface area contributed by atoms with Gasteiger partial charge in [-0.15, -0.1) is 0 Å². The summed E-state index contributed by atoms with van der Waals surface area (Å²) in [5.41, 5.74) is 6.91. The van der Waals surface area contributed by atoms with Crippen LogP contribution in [-0.2, 0) is 0 Å². The Morgan fingerprint density at radius 3 is 3.09 bits per heavy atom. The zero-order chi connectivity index (χ0) is 8.10. The van der Waals surface area contributed by atoms with E-state index >= 15 is 0 Å². The van der Waals surface area contributed by atoms with Gasteiger partial charge in [-0.2, -0.15) is 0 Å². The SMILES string of the molecule is CN1C=CC=C(CCCN)C1. The van der Waals surface area contributed by atoms with E-state index < -0.39 is 0 Å². The Morgan fingerprint density at radius 1 is 1.64 bits per heavy atom. The summed E-state index contributed by atoms with van der Waals surface area (Å²) in [7, 11) is 2.09. The van der Waals surface area contributed by atoms with E-state index in [1.54, 1.807) is 0 Å². The molecule has 0 spiro atoms. The van der Waals surface area contributed by atoms with Gasteiger partial charge in [0.25, 0.3) is 0 Å². The molecule has 1 aliphatic rings. The number of hydrogen-bond donors (Lipinski definition) is 1. The molecular formula is C9H16N2. The first-order valence-corrected chi connectivity index (χ1v) is 4.09. The molecule has 2 nitrogen and oxygen atoms in total. The van der Waals surface area contributed by atoms with Gasteiger partial charge < -0.3 is 10.6 Å². The molecule has 2 N–H and O–H groups in total. The highest BCUT2D eigenvalue weighted by molar-refractivity contribution is 5.18. The molecule has 1 rings (SSSR count). The van der Waals surface area contributed by atoms with Gasteiger partial charge in [0.05, 0.1) is 0 Å². The zero-order valence-electron chi connectivity index (χ0n) is 7.09. The average molecular weight is 152 g/mol. The van der Waals surface area contributed by atoms with Gasteiger partial charge in [-0.25, -0.2) is 0 Å². The highest BCUT2D eigenvalue weighted by Crippen LogP contribution is 2.10. The van der Waals surface area contributed by atoms with Crippen molar-refractivity contribution >= 4 is 0 Å². The third-order valence-electron chi connectivity index (χ3n) is 1.83. The molecule has 0 aromatic heterocycles. The van der Waals surface area contributed by atoms with Crippen LogP contribution in [0.5, 0.6) is 0 Å². The topological polar surface area (TPSA) is 29.3 Å². The number of allylic oxidation sites excluding steroid dienone is 2. The largest absolute Gasteiger partial charge is 0.376 e. The van der Waals surface area contributed by atoms with Crippen LogP contribution in [0.1, 0.15) is 12.8 Å². The molecule has 0 bridgehead atoms. The van der Waals surface area contributed by atoms with Crippen molar-refractivity contribution in [3.63, 3.8) is 0 Å². The van der Waals surface area contributed by atoms with E-state index in [1.165, 1.54) is 5.57 Å². The normalized spacial score (nSPS) is 16.9. The first-order chi connectivity index (χ1) is 5.33. The quantitative estimate of drug-likeness (QED) is 0.656. The summed E-state index contributed by atoms with van der Waals surface area (Å²) in [5, 5.41) is 0. The Kier molecular flexibility index (Phi) is 3.17. The highest BCUT2D eigenvalue weighted by atomic mass is 15.1. The Bertz CT molecular complexity index is 170. The average Bonchev–Trinajstić information content (AvgIpc) is 2.01. The van der Waals surface area contributed by atoms with E-state index in [-0.39, 0.29) is 0 Å². The molecule has 1 heterocycles. The molecule has 1 aliphatic heterocycles. The summed E-state index contributed by atoms with van der Waals surface area (Å²) in [4.78, 5) is 2.19. The maximum atomic E-state index is 5.42. The van der Waals surface area contributed by atoms with Crippen LogP contribution in [0.4, 0.5) is 0 Å². The van der Waals surface area contributed by atoms with Crippen molar-refractivity contribution < 1.29 is 0 Å². The molecule has 62 valence electrons. The Labute approximate surface area is 68.4 Å². The van der Waals surface area contributed by atoms with Crippen molar-refractivity contribution in [1.82, 2.24) is 4.90 Å². The van der Waals surface area contributed by atoms with Crippen molar-refractivity contribution in [3.8, 4) is 0 Å². The van der Waals surface area contributed by atoms with Gasteiger partial charge in [0.15, 0.2) is 0 Å². The van der Waals surface area contributed by atoms with Gasteiger partial charge >= 0.3 is 0 Å². The lowest BCUT2D eigenvalue weighted by atomic mass is 10.1. The second kappa shape index (κ2) is 4.19. The molecule has 11 heavy (non-hydrogen) atoms. The van der Waals surface area contributed by atoms with Crippen LogP contribution in [0, 0.1) is 0 Å². The number of likely N-dealkylation sites (N-methyl/N-ethyl adjacent to an activating group) is 1. The van der Waals surface area contributed by atoms with E-state index in [0.29, 0.717) is 0 Å². The predicted molar refractivity (Wildman–Crippen MR) is 48.1 cm³/mol. The van der Waals surface area contributed by atoms with Crippen LogP contribution in [0.3, 0.4) is 0 Å². The van der Waals surface area contributed by atoms with Crippen LogP contribution in [-0.4, -0.2) is 25.0 Å². The molecular weight excluding hydrogens is 136 g/mol. The minimum absolute atomic E-state index is 0.796. The van der Waals surface area contributed by atoms with Crippen LogP contribution in [0.25, 0.3) is 0 Å². The van der Waals surface area contributed by atoms with Gasteiger partial charge in [-0.1, -0.05) is 11.6 Å². The molecule has 0 saturated heterocycles. The maximum Gasteiger partial charge on any atom is 0.0383 e. The molecule has 0 aromatic carbocycles. The lowest BCUT2D eigenvalue weighted by Crippen LogP contribution is -2.17. The van der Waals surface area contributed by atoms with Gasteiger partial charge in [-0.05, 0) is 31.7 Å². The summed E-state index contributed by atoms with van der Waals surface area (Å²) >= 11 is 0. The Balaban J connectivity index is 2.33. The van der Waals surface area contributed by atoms with Crippen molar-refractivity contribution in [2.75, 3.05) is 20.1 Å². The monoisotopic (exact) mass is 152 g/mol. The van der Waals surface area contributed by atoms with Gasteiger partial charge in [0.1, 0.15) is 0 Å². The van der Waals surface area contributed by atoms with E-state index in [1.807, 2.05) is 0 Å². The van der Waals surface area contributed by atoms with E-state index in [9.17, 15) is 0 Å². The summed E-state index contributed by atoms with van der Waals surface area (Å²) in [5.74, 6) is 0. The minimum Gasteiger partial charge on any atom is -0.376 e. The van der Waals surface area contributed by atoms with E-state index in [4.69, 9.17) is 5.73 Å². The summed E-state index contributed by atoms with van der Waals surface area (Å²) in [6, 6.07) is 0. The number of nitrogens with zero attached hydrogens (tertiary/aromatic N) is 1. The van der Waals surface area contributed by atoms with Gasteiger partial charge in [0, 0.05) is 13.6 Å². The van der Waals surface area contributed by atoms with Crippen molar-refractivity contribution in [1.29, 1.82) is 0 Å². The third-order valence-corrected chi connectivity index (χ3v) is 1.83. The van der Waals surface area contributed by atoms with Gasteiger partial charge in [-0.3, -0.25) is 0 Å². The molecule has 0 aliphatic carbocycles. The Morgan fingerprint density at radius 2 is 2.45 bits per heavy atom. The van der Waals surface area contributed by atoms with Crippen LogP contribution >= 0.6 is 0 Å². The number of hydrogen-bond acceptors (Lipinski definition) is 2. The smallest absolute Gasteiger partial charge is 0.0383 e. The molecule has 0 radical (unpaired) electrons. The Hall–Kier alpha value is -0.760. The molecule has 2 heteroatoms. The van der Waals surface area contributed by atoms with Crippen molar-refractivity contribution in [3.05, 3.63) is 23.9 Å². The van der Waals surface area contributed by atoms with E-state index in [2.05, 4.69) is 30.3 Å². The maximum absolute atomic E-state index is 5.42. The van der Waals surface area contributed by atoms with E-state index in [0.717, 1.165) is 25.9 Å². The minimum atomic E-state index is 0.796. The standard InChI is InChI=1S/C9H16N2/c1-11-7-3-5-9(8-11)4-2-6-10/h3,5,7H,2,4,6,8,10H2,1H3. The fraction of sp³-hybridized carbons (Fsp3) is 0.556. The first kappa shape index (κ1) is 8.34. The van der Waals surface area contributed by atoms with Crippen LogP contribution in [0.2, 0.25) is 0 Å². The molecule has 0 fully saturated rings. The van der Waals surface area contributed by atoms with Crippen molar-refractivity contribution in [2.45, 2.75) is 12.8 Å². The lowest BCUT2D eigenvalue weighted by molar-refractivity contribution is 0.480. The second-order valence-corrected chi connectivity index (χ2v) is 2.97. The zero-order valence-corrected chi connectivity index (χ0v) is 7.09. The fourth-order valence-electron chi connectivity index (χ4n) is 1.24. The lowest BCUT2D eigenvalue weighted by Gasteiger charge is -2.19. The van der Waals surface area contributed by atoms with Gasteiger partial charge in [0.2, 0.25) is 0 Å². The summed E-state index contributed by atoms with van der Waals surface area (Å²) in [6.45, 7) is 1.86. The van der Waals surface area contributed by atoms with Crippen LogP contribution in [0.15, 0.2) is 23.9 Å². The fourth-order valence-corrected chi connectivity index (χ4v) is 1.24. The second-order valence-electron chi connectivity index (χ2n) is 2.97. The number of rotatable bonds is 3. The van der Waals surface area contributed by atoms with Crippen molar-refractivity contribution in [2.24, 2.45) is 5.73 Å². The predicted octanol–water partition coefficient (Wildman–Crippen LogP) is 1.11. The van der Waals surface area contributed by atoms with Crippen LogP contribution < -0.4 is 5.73 Å². The molecule has 0 amide bonds. The summed E-state index contributed by atoms with van der Waals surface area (Å²) in [6.07, 6.45) is 8.62. The number of nitrogens with two attached hydrogens (primary N) is 1. The molecule has 0 aromatic rings. The molecule has 0 unspecified atom stereocenters. The third kappa shape index (κ3) is 2.76. The highest BCUT2D eigenvalue weighted by Gasteiger charge is 2.01.